The maximum absolute atomic E-state index is 8.83. The van der Waals surface area contributed by atoms with Gasteiger partial charge in [-0.25, -0.2) is 9.97 Å². The van der Waals surface area contributed by atoms with Gasteiger partial charge in [0.25, 0.3) is 0 Å². The fourth-order valence-corrected chi connectivity index (χ4v) is 1.77. The SMILES string of the molecule is Cc1nc(C#N)cc(NCc2ccc(Br)cc2)n1. The van der Waals surface area contributed by atoms with Gasteiger partial charge in [-0.15, -0.1) is 0 Å². The molecule has 0 amide bonds. The predicted molar refractivity (Wildman–Crippen MR) is 73.0 cm³/mol. The third-order valence-electron chi connectivity index (χ3n) is 2.34. The molecule has 0 spiro atoms. The molecule has 0 unspecified atom stereocenters. The Morgan fingerprint density at radius 1 is 1.28 bits per heavy atom. The molecule has 18 heavy (non-hydrogen) atoms. The number of hydrogen-bond acceptors (Lipinski definition) is 4. The van der Waals surface area contributed by atoms with Gasteiger partial charge in [-0.2, -0.15) is 5.26 Å². The van der Waals surface area contributed by atoms with E-state index in [1.165, 1.54) is 0 Å². The smallest absolute Gasteiger partial charge is 0.146 e. The minimum Gasteiger partial charge on any atom is -0.366 e. The first kappa shape index (κ1) is 12.5. The first-order valence-electron chi connectivity index (χ1n) is 5.41. The van der Waals surface area contributed by atoms with Crippen LogP contribution in [-0.2, 0) is 6.54 Å². The molecule has 1 N–H and O–H groups in total. The van der Waals surface area contributed by atoms with Crippen molar-refractivity contribution >= 4 is 21.7 Å². The quantitative estimate of drug-likeness (QED) is 0.946. The van der Waals surface area contributed by atoms with Crippen LogP contribution in [0.25, 0.3) is 0 Å². The zero-order valence-corrected chi connectivity index (χ0v) is 11.4. The van der Waals surface area contributed by atoms with E-state index in [-0.39, 0.29) is 0 Å². The van der Waals surface area contributed by atoms with Crippen LogP contribution in [0.2, 0.25) is 0 Å². The summed E-state index contributed by atoms with van der Waals surface area (Å²) < 4.78 is 1.05. The maximum Gasteiger partial charge on any atom is 0.146 e. The zero-order chi connectivity index (χ0) is 13.0. The molecule has 0 saturated carbocycles. The van der Waals surface area contributed by atoms with Crippen molar-refractivity contribution in [3.63, 3.8) is 0 Å². The molecule has 0 aliphatic rings. The van der Waals surface area contributed by atoms with Gasteiger partial charge < -0.3 is 5.32 Å². The third kappa shape index (κ3) is 3.28. The largest absolute Gasteiger partial charge is 0.366 e. The maximum atomic E-state index is 8.83. The lowest BCUT2D eigenvalue weighted by Gasteiger charge is -2.06. The Kier molecular flexibility index (Phi) is 3.90. The van der Waals surface area contributed by atoms with E-state index >= 15 is 0 Å². The number of anilines is 1. The van der Waals surface area contributed by atoms with Crippen molar-refractivity contribution in [3.05, 3.63) is 51.9 Å². The highest BCUT2D eigenvalue weighted by Gasteiger charge is 2.01. The molecule has 0 bridgehead atoms. The second-order valence-corrected chi connectivity index (χ2v) is 4.69. The second-order valence-electron chi connectivity index (χ2n) is 3.78. The Balaban J connectivity index is 2.08. The summed E-state index contributed by atoms with van der Waals surface area (Å²) in [6.45, 7) is 2.43. The molecule has 0 radical (unpaired) electrons. The van der Waals surface area contributed by atoms with Gasteiger partial charge in [0.05, 0.1) is 0 Å². The van der Waals surface area contributed by atoms with Gasteiger partial charge in [-0.1, -0.05) is 28.1 Å². The van der Waals surface area contributed by atoms with E-state index in [1.807, 2.05) is 30.3 Å². The molecule has 0 saturated heterocycles. The summed E-state index contributed by atoms with van der Waals surface area (Å²) in [6.07, 6.45) is 0. The van der Waals surface area contributed by atoms with E-state index in [2.05, 4.69) is 31.2 Å². The zero-order valence-electron chi connectivity index (χ0n) is 9.81. The Hall–Kier alpha value is -1.93. The highest BCUT2D eigenvalue weighted by molar-refractivity contribution is 9.10. The number of nitrogens with zero attached hydrogens (tertiary/aromatic N) is 3. The van der Waals surface area contributed by atoms with E-state index in [0.717, 1.165) is 10.0 Å². The lowest BCUT2D eigenvalue weighted by atomic mass is 10.2. The van der Waals surface area contributed by atoms with Gasteiger partial charge in [0, 0.05) is 17.1 Å². The molecule has 5 heteroatoms. The van der Waals surface area contributed by atoms with Gasteiger partial charge >= 0.3 is 0 Å². The number of halogens is 1. The standard InChI is InChI=1S/C13H11BrN4/c1-9-17-12(7-15)6-13(18-9)16-8-10-2-4-11(14)5-3-10/h2-6H,8H2,1H3,(H,16,17,18). The molecular formula is C13H11BrN4. The minimum absolute atomic E-state index is 0.376. The van der Waals surface area contributed by atoms with Gasteiger partial charge in [0.1, 0.15) is 23.4 Å². The Morgan fingerprint density at radius 2 is 2.00 bits per heavy atom. The van der Waals surface area contributed by atoms with E-state index in [0.29, 0.717) is 23.9 Å². The molecular weight excluding hydrogens is 292 g/mol. The van der Waals surface area contributed by atoms with Gasteiger partial charge in [0.15, 0.2) is 0 Å². The summed E-state index contributed by atoms with van der Waals surface area (Å²) in [7, 11) is 0. The lowest BCUT2D eigenvalue weighted by Crippen LogP contribution is -2.04. The van der Waals surface area contributed by atoms with E-state index < -0.39 is 0 Å². The van der Waals surface area contributed by atoms with Crippen LogP contribution >= 0.6 is 15.9 Å². The number of hydrogen-bond donors (Lipinski definition) is 1. The lowest BCUT2D eigenvalue weighted by molar-refractivity contribution is 1.01. The molecule has 1 heterocycles. The first-order chi connectivity index (χ1) is 8.67. The summed E-state index contributed by atoms with van der Waals surface area (Å²) in [5, 5.41) is 12.0. The van der Waals surface area contributed by atoms with Crippen LogP contribution in [-0.4, -0.2) is 9.97 Å². The fraction of sp³-hybridized carbons (Fsp3) is 0.154. The second kappa shape index (κ2) is 5.61. The van der Waals surface area contributed by atoms with Crippen LogP contribution in [0.3, 0.4) is 0 Å². The summed E-state index contributed by atoms with van der Waals surface area (Å²) >= 11 is 3.39. The van der Waals surface area contributed by atoms with Crippen molar-refractivity contribution in [2.24, 2.45) is 0 Å². The van der Waals surface area contributed by atoms with Gasteiger partial charge in [-0.3, -0.25) is 0 Å². The predicted octanol–water partition coefficient (Wildman–Crippen LogP) is 3.03. The molecule has 90 valence electrons. The van der Waals surface area contributed by atoms with Crippen molar-refractivity contribution in [2.75, 3.05) is 5.32 Å². The van der Waals surface area contributed by atoms with Gasteiger partial charge in [0.2, 0.25) is 0 Å². The number of rotatable bonds is 3. The van der Waals surface area contributed by atoms with Crippen LogP contribution in [0.4, 0.5) is 5.82 Å². The molecule has 0 atom stereocenters. The molecule has 4 nitrogen and oxygen atoms in total. The molecule has 2 rings (SSSR count). The number of nitrogens with one attached hydrogen (secondary N) is 1. The highest BCUT2D eigenvalue weighted by Crippen LogP contribution is 2.12. The molecule has 2 aromatic rings. The molecule has 1 aromatic carbocycles. The number of aryl methyl sites for hydroxylation is 1. The fourth-order valence-electron chi connectivity index (χ4n) is 1.51. The van der Waals surface area contributed by atoms with Crippen molar-refractivity contribution in [1.29, 1.82) is 5.26 Å². The third-order valence-corrected chi connectivity index (χ3v) is 2.87. The van der Waals surface area contributed by atoms with Crippen LogP contribution in [0.15, 0.2) is 34.8 Å². The monoisotopic (exact) mass is 302 g/mol. The average Bonchev–Trinajstić information content (AvgIpc) is 2.37. The first-order valence-corrected chi connectivity index (χ1v) is 6.21. The highest BCUT2D eigenvalue weighted by atomic mass is 79.9. The summed E-state index contributed by atoms with van der Waals surface area (Å²) in [6, 6.07) is 11.7. The average molecular weight is 303 g/mol. The van der Waals surface area contributed by atoms with Crippen LogP contribution in [0.1, 0.15) is 17.1 Å². The molecule has 0 aliphatic heterocycles. The topological polar surface area (TPSA) is 61.6 Å². The summed E-state index contributed by atoms with van der Waals surface area (Å²) in [5.41, 5.74) is 1.52. The number of benzene rings is 1. The van der Waals surface area contributed by atoms with Crippen LogP contribution in [0.5, 0.6) is 0 Å². The summed E-state index contributed by atoms with van der Waals surface area (Å²) in [5.74, 6) is 1.26. The van der Waals surface area contributed by atoms with Crippen molar-refractivity contribution in [3.8, 4) is 6.07 Å². The normalized spacial score (nSPS) is 9.83. The van der Waals surface area contributed by atoms with Crippen LogP contribution in [0, 0.1) is 18.3 Å². The molecule has 1 aromatic heterocycles. The van der Waals surface area contributed by atoms with Crippen molar-refractivity contribution in [2.45, 2.75) is 13.5 Å². The van der Waals surface area contributed by atoms with E-state index in [4.69, 9.17) is 5.26 Å². The molecule has 0 fully saturated rings. The van der Waals surface area contributed by atoms with Crippen molar-refractivity contribution in [1.82, 2.24) is 9.97 Å². The van der Waals surface area contributed by atoms with Crippen LogP contribution < -0.4 is 5.32 Å². The molecule has 0 aliphatic carbocycles. The summed E-state index contributed by atoms with van der Waals surface area (Å²) in [4.78, 5) is 8.23. The Bertz CT molecular complexity index is 587. The van der Waals surface area contributed by atoms with Crippen molar-refractivity contribution < 1.29 is 0 Å². The van der Waals surface area contributed by atoms with Gasteiger partial charge in [-0.05, 0) is 24.6 Å². The Morgan fingerprint density at radius 3 is 2.67 bits per heavy atom. The van der Waals surface area contributed by atoms with E-state index in [9.17, 15) is 0 Å². The Labute approximate surface area is 114 Å². The minimum atomic E-state index is 0.376. The number of nitriles is 1. The van der Waals surface area contributed by atoms with E-state index in [1.54, 1.807) is 13.0 Å². The number of aromatic nitrogens is 2.